The summed E-state index contributed by atoms with van der Waals surface area (Å²) in [6, 6.07) is 13.1. The molecule has 130 valence electrons. The average molecular weight is 370 g/mol. The van der Waals surface area contributed by atoms with Crippen LogP contribution in [0.5, 0.6) is 5.75 Å². The van der Waals surface area contributed by atoms with Crippen molar-refractivity contribution in [3.8, 4) is 23.1 Å². The molecule has 1 aromatic heterocycles. The maximum Gasteiger partial charge on any atom is 0.222 e. The molecule has 0 aliphatic rings. The van der Waals surface area contributed by atoms with E-state index in [-0.39, 0.29) is 23.9 Å². The van der Waals surface area contributed by atoms with E-state index >= 15 is 0 Å². The van der Waals surface area contributed by atoms with Crippen LogP contribution in [0, 0.1) is 17.1 Å². The van der Waals surface area contributed by atoms with Crippen LogP contribution in [0.4, 0.5) is 16.2 Å². The van der Waals surface area contributed by atoms with Crippen molar-refractivity contribution in [1.29, 1.82) is 5.26 Å². The van der Waals surface area contributed by atoms with Crippen molar-refractivity contribution in [2.24, 2.45) is 0 Å². The predicted octanol–water partition coefficient (Wildman–Crippen LogP) is 3.55. The van der Waals surface area contributed by atoms with Crippen molar-refractivity contribution in [1.82, 2.24) is 9.97 Å². The van der Waals surface area contributed by atoms with Gasteiger partial charge in [-0.1, -0.05) is 17.7 Å². The largest absolute Gasteiger partial charge is 0.489 e. The van der Waals surface area contributed by atoms with Crippen molar-refractivity contribution in [2.75, 3.05) is 11.5 Å². The maximum absolute atomic E-state index is 13.8. The summed E-state index contributed by atoms with van der Waals surface area (Å²) in [5, 5.41) is 9.57. The summed E-state index contributed by atoms with van der Waals surface area (Å²) in [7, 11) is 0. The minimum atomic E-state index is -0.431. The zero-order valence-electron chi connectivity index (χ0n) is 13.4. The lowest BCUT2D eigenvalue weighted by molar-refractivity contribution is 0.300. The highest BCUT2D eigenvalue weighted by molar-refractivity contribution is 6.30. The molecular formula is C18H13ClFN5O. The standard InChI is InChI=1S/C18H13ClFN5O/c19-12-4-1-11(15(20)7-12)9-26-13-5-2-10(3-6-13)16-14(8-21)17(22)25-18(23)24-16/h1-7H,9H2,(H4,22,23,24,25). The van der Waals surface area contributed by atoms with Crippen LogP contribution in [0.1, 0.15) is 11.1 Å². The molecule has 0 bridgehead atoms. The molecule has 2 aromatic carbocycles. The van der Waals surface area contributed by atoms with E-state index in [4.69, 9.17) is 27.8 Å². The van der Waals surface area contributed by atoms with Crippen LogP contribution >= 0.6 is 11.6 Å². The van der Waals surface area contributed by atoms with Gasteiger partial charge in [0.2, 0.25) is 5.95 Å². The number of nitrogens with two attached hydrogens (primary N) is 2. The summed E-state index contributed by atoms with van der Waals surface area (Å²) in [6.07, 6.45) is 0. The van der Waals surface area contributed by atoms with E-state index in [9.17, 15) is 9.65 Å². The molecule has 0 aliphatic heterocycles. The number of hydrogen-bond donors (Lipinski definition) is 2. The lowest BCUT2D eigenvalue weighted by Crippen LogP contribution is -2.05. The summed E-state index contributed by atoms with van der Waals surface area (Å²) in [5.41, 5.74) is 12.8. The van der Waals surface area contributed by atoms with E-state index in [1.165, 1.54) is 6.07 Å². The van der Waals surface area contributed by atoms with Gasteiger partial charge in [0.05, 0.1) is 5.69 Å². The third-order valence-corrected chi connectivity index (χ3v) is 3.84. The third kappa shape index (κ3) is 3.66. The number of aromatic nitrogens is 2. The second-order valence-electron chi connectivity index (χ2n) is 5.35. The van der Waals surface area contributed by atoms with Crippen molar-refractivity contribution < 1.29 is 9.13 Å². The highest BCUT2D eigenvalue weighted by Crippen LogP contribution is 2.27. The Bertz CT molecular complexity index is 1000. The maximum atomic E-state index is 13.8. The third-order valence-electron chi connectivity index (χ3n) is 3.60. The summed E-state index contributed by atoms with van der Waals surface area (Å²) >= 11 is 5.72. The van der Waals surface area contributed by atoms with Gasteiger partial charge in [0.25, 0.3) is 0 Å². The SMILES string of the molecule is N#Cc1c(N)nc(N)nc1-c1ccc(OCc2ccc(Cl)cc2F)cc1. The topological polar surface area (TPSA) is 111 Å². The zero-order valence-corrected chi connectivity index (χ0v) is 14.2. The van der Waals surface area contributed by atoms with E-state index in [2.05, 4.69) is 9.97 Å². The molecule has 0 saturated carbocycles. The molecule has 26 heavy (non-hydrogen) atoms. The molecule has 0 fully saturated rings. The highest BCUT2D eigenvalue weighted by Gasteiger charge is 2.13. The van der Waals surface area contributed by atoms with Crippen LogP contribution in [0.2, 0.25) is 5.02 Å². The Balaban J connectivity index is 1.80. The Hall–Kier alpha value is -3.37. The minimum Gasteiger partial charge on any atom is -0.489 e. The molecule has 4 N–H and O–H groups in total. The number of rotatable bonds is 4. The minimum absolute atomic E-state index is 0.0185. The van der Waals surface area contributed by atoms with Gasteiger partial charge < -0.3 is 16.2 Å². The molecule has 0 spiro atoms. The number of nitrogens with zero attached hydrogens (tertiary/aromatic N) is 3. The molecule has 0 unspecified atom stereocenters. The van der Waals surface area contributed by atoms with Gasteiger partial charge in [0.1, 0.15) is 35.6 Å². The Kier molecular flexibility index (Phi) is 4.87. The van der Waals surface area contributed by atoms with Crippen LogP contribution in [-0.2, 0) is 6.61 Å². The Morgan fingerprint density at radius 1 is 1.12 bits per heavy atom. The van der Waals surface area contributed by atoms with Gasteiger partial charge in [0.15, 0.2) is 0 Å². The fourth-order valence-electron chi connectivity index (χ4n) is 2.32. The van der Waals surface area contributed by atoms with Crippen LogP contribution in [0.25, 0.3) is 11.3 Å². The summed E-state index contributed by atoms with van der Waals surface area (Å²) < 4.78 is 19.3. The fraction of sp³-hybridized carbons (Fsp3) is 0.0556. The lowest BCUT2D eigenvalue weighted by atomic mass is 10.1. The Labute approximate surface area is 153 Å². The zero-order chi connectivity index (χ0) is 18.7. The molecule has 0 amide bonds. The predicted molar refractivity (Wildman–Crippen MR) is 96.7 cm³/mol. The van der Waals surface area contributed by atoms with Gasteiger partial charge in [-0.3, -0.25) is 0 Å². The van der Waals surface area contributed by atoms with Crippen LogP contribution in [0.15, 0.2) is 42.5 Å². The lowest BCUT2D eigenvalue weighted by Gasteiger charge is -2.09. The molecule has 0 aliphatic carbocycles. The monoisotopic (exact) mass is 369 g/mol. The van der Waals surface area contributed by atoms with E-state index in [1.54, 1.807) is 36.4 Å². The van der Waals surface area contributed by atoms with Crippen LogP contribution in [0.3, 0.4) is 0 Å². The average Bonchev–Trinajstić information content (AvgIpc) is 2.61. The molecule has 0 radical (unpaired) electrons. The summed E-state index contributed by atoms with van der Waals surface area (Å²) in [4.78, 5) is 7.86. The molecule has 0 saturated heterocycles. The first-order valence-electron chi connectivity index (χ1n) is 7.48. The Morgan fingerprint density at radius 2 is 1.85 bits per heavy atom. The van der Waals surface area contributed by atoms with Gasteiger partial charge in [-0.25, -0.2) is 9.37 Å². The van der Waals surface area contributed by atoms with Gasteiger partial charge >= 0.3 is 0 Å². The quantitative estimate of drug-likeness (QED) is 0.727. The van der Waals surface area contributed by atoms with Crippen molar-refractivity contribution in [3.05, 3.63) is 64.4 Å². The van der Waals surface area contributed by atoms with Crippen molar-refractivity contribution >= 4 is 23.4 Å². The number of anilines is 2. The first kappa shape index (κ1) is 17.5. The molecule has 3 rings (SSSR count). The van der Waals surface area contributed by atoms with Crippen molar-refractivity contribution in [2.45, 2.75) is 6.61 Å². The normalized spacial score (nSPS) is 10.3. The second kappa shape index (κ2) is 7.25. The van der Waals surface area contributed by atoms with Crippen LogP contribution in [-0.4, -0.2) is 9.97 Å². The number of hydrogen-bond acceptors (Lipinski definition) is 6. The molecule has 3 aromatic rings. The molecule has 8 heteroatoms. The first-order valence-corrected chi connectivity index (χ1v) is 7.86. The fourth-order valence-corrected chi connectivity index (χ4v) is 2.48. The summed E-state index contributed by atoms with van der Waals surface area (Å²) in [5.74, 6) is 0.0971. The van der Waals surface area contributed by atoms with E-state index in [0.29, 0.717) is 27.6 Å². The van der Waals surface area contributed by atoms with E-state index < -0.39 is 5.82 Å². The number of ether oxygens (including phenoxy) is 1. The van der Waals surface area contributed by atoms with Gasteiger partial charge in [0, 0.05) is 16.1 Å². The molecule has 6 nitrogen and oxygen atoms in total. The molecular weight excluding hydrogens is 357 g/mol. The summed E-state index contributed by atoms with van der Waals surface area (Å²) in [6.45, 7) is 0.0548. The van der Waals surface area contributed by atoms with Gasteiger partial charge in [-0.2, -0.15) is 10.2 Å². The molecule has 0 atom stereocenters. The molecule has 1 heterocycles. The Morgan fingerprint density at radius 3 is 2.50 bits per heavy atom. The number of nitriles is 1. The van der Waals surface area contributed by atoms with Gasteiger partial charge in [-0.15, -0.1) is 0 Å². The highest BCUT2D eigenvalue weighted by atomic mass is 35.5. The van der Waals surface area contributed by atoms with E-state index in [1.807, 2.05) is 6.07 Å². The number of benzene rings is 2. The number of halogens is 2. The van der Waals surface area contributed by atoms with Crippen LogP contribution < -0.4 is 16.2 Å². The smallest absolute Gasteiger partial charge is 0.222 e. The van der Waals surface area contributed by atoms with Gasteiger partial charge in [-0.05, 0) is 36.4 Å². The second-order valence-corrected chi connectivity index (χ2v) is 5.79. The van der Waals surface area contributed by atoms with E-state index in [0.717, 1.165) is 0 Å². The first-order chi connectivity index (χ1) is 12.5. The number of nitrogen functional groups attached to an aromatic ring is 2. The van der Waals surface area contributed by atoms with Crippen molar-refractivity contribution in [3.63, 3.8) is 0 Å².